The maximum Gasteiger partial charge on any atom is 0.331 e. The summed E-state index contributed by atoms with van der Waals surface area (Å²) >= 11 is 6.03. The van der Waals surface area contributed by atoms with Crippen molar-refractivity contribution >= 4 is 22.5 Å². The van der Waals surface area contributed by atoms with Gasteiger partial charge < -0.3 is 0 Å². The molecule has 1 heterocycles. The van der Waals surface area contributed by atoms with Crippen LogP contribution in [0.1, 0.15) is 5.56 Å². The Morgan fingerprint density at radius 2 is 1.82 bits per heavy atom. The molecule has 4 nitrogen and oxygen atoms in total. The smallest absolute Gasteiger partial charge is 0.289 e. The van der Waals surface area contributed by atoms with Gasteiger partial charge in [-0.1, -0.05) is 29.8 Å². The summed E-state index contributed by atoms with van der Waals surface area (Å²) in [7, 11) is 1.40. The molecule has 2 aromatic carbocycles. The molecule has 0 radical (unpaired) electrons. The van der Waals surface area contributed by atoms with E-state index in [4.69, 9.17) is 11.6 Å². The lowest BCUT2D eigenvalue weighted by Crippen LogP contribution is -2.38. The van der Waals surface area contributed by atoms with Crippen LogP contribution in [0.3, 0.4) is 0 Å². The lowest BCUT2D eigenvalue weighted by molar-refractivity contribution is 0.590. The number of hydrogen-bond acceptors (Lipinski definition) is 2. The Labute approximate surface area is 130 Å². The lowest BCUT2D eigenvalue weighted by atomic mass is 10.2. The third-order valence-corrected chi connectivity index (χ3v) is 3.98. The molecule has 3 aromatic rings. The van der Waals surface area contributed by atoms with Crippen molar-refractivity contribution in [1.82, 2.24) is 9.13 Å². The van der Waals surface area contributed by atoms with Crippen molar-refractivity contribution in [2.24, 2.45) is 7.05 Å². The first-order valence-electron chi connectivity index (χ1n) is 6.62. The summed E-state index contributed by atoms with van der Waals surface area (Å²) in [6, 6.07) is 11.1. The highest BCUT2D eigenvalue weighted by Gasteiger charge is 2.14. The van der Waals surface area contributed by atoms with Gasteiger partial charge in [0.25, 0.3) is 5.56 Å². The average molecular weight is 319 g/mol. The fourth-order valence-corrected chi connectivity index (χ4v) is 2.66. The number of halogens is 2. The molecule has 3 rings (SSSR count). The van der Waals surface area contributed by atoms with Crippen molar-refractivity contribution in [3.63, 3.8) is 0 Å². The molecule has 0 fully saturated rings. The van der Waals surface area contributed by atoms with Gasteiger partial charge in [0.2, 0.25) is 0 Å². The van der Waals surface area contributed by atoms with Crippen molar-refractivity contribution in [2.75, 3.05) is 0 Å². The minimum Gasteiger partial charge on any atom is -0.289 e. The molecule has 0 aliphatic carbocycles. The number of benzene rings is 2. The Hall–Kier alpha value is -2.40. The van der Waals surface area contributed by atoms with Crippen molar-refractivity contribution < 1.29 is 4.39 Å². The van der Waals surface area contributed by atoms with Gasteiger partial charge in [0.1, 0.15) is 5.82 Å². The fraction of sp³-hybridized carbons (Fsp3) is 0.125. The number of hydrogen-bond donors (Lipinski definition) is 0. The highest BCUT2D eigenvalue weighted by Crippen LogP contribution is 2.20. The summed E-state index contributed by atoms with van der Waals surface area (Å²) in [5, 5.41) is 0.641. The minimum atomic E-state index is -0.511. The number of rotatable bonds is 2. The monoisotopic (exact) mass is 318 g/mol. The highest BCUT2D eigenvalue weighted by atomic mass is 35.5. The van der Waals surface area contributed by atoms with Gasteiger partial charge in [-0.15, -0.1) is 0 Å². The molecule has 0 bridgehead atoms. The molecule has 0 atom stereocenters. The van der Waals surface area contributed by atoms with E-state index in [-0.39, 0.29) is 22.7 Å². The van der Waals surface area contributed by atoms with Gasteiger partial charge >= 0.3 is 5.69 Å². The van der Waals surface area contributed by atoms with Crippen LogP contribution < -0.4 is 11.2 Å². The molecular weight excluding hydrogens is 307 g/mol. The van der Waals surface area contributed by atoms with Crippen LogP contribution in [-0.4, -0.2) is 9.13 Å². The number of para-hydroxylation sites is 1. The molecule has 0 saturated carbocycles. The topological polar surface area (TPSA) is 44.0 Å². The Morgan fingerprint density at radius 1 is 1.09 bits per heavy atom. The third kappa shape index (κ3) is 2.23. The first-order valence-corrected chi connectivity index (χ1v) is 7.00. The van der Waals surface area contributed by atoms with Crippen LogP contribution in [-0.2, 0) is 13.6 Å². The third-order valence-electron chi connectivity index (χ3n) is 3.63. The van der Waals surface area contributed by atoms with Crippen molar-refractivity contribution in [1.29, 1.82) is 0 Å². The first kappa shape index (κ1) is 14.5. The Morgan fingerprint density at radius 3 is 2.55 bits per heavy atom. The summed E-state index contributed by atoms with van der Waals surface area (Å²) in [4.78, 5) is 24.5. The van der Waals surface area contributed by atoms with Gasteiger partial charge in [-0.3, -0.25) is 13.9 Å². The molecule has 0 N–H and O–H groups in total. The molecule has 6 heteroatoms. The predicted molar refractivity (Wildman–Crippen MR) is 84.0 cm³/mol. The van der Waals surface area contributed by atoms with E-state index >= 15 is 0 Å². The van der Waals surface area contributed by atoms with Crippen molar-refractivity contribution in [3.05, 3.63) is 79.7 Å². The second-order valence-electron chi connectivity index (χ2n) is 4.95. The zero-order chi connectivity index (χ0) is 15.9. The van der Waals surface area contributed by atoms with Crippen LogP contribution in [0.25, 0.3) is 10.9 Å². The zero-order valence-corrected chi connectivity index (χ0v) is 12.5. The van der Waals surface area contributed by atoms with E-state index in [0.717, 1.165) is 4.57 Å². The number of fused-ring (bicyclic) bond motifs is 1. The van der Waals surface area contributed by atoms with Crippen LogP contribution in [0, 0.1) is 5.82 Å². The maximum atomic E-state index is 14.0. The highest BCUT2D eigenvalue weighted by molar-refractivity contribution is 6.31. The van der Waals surface area contributed by atoms with Gasteiger partial charge in [0.15, 0.2) is 0 Å². The molecule has 0 aliphatic rings. The molecule has 1 aromatic heterocycles. The van der Waals surface area contributed by atoms with Crippen molar-refractivity contribution in [3.8, 4) is 0 Å². The van der Waals surface area contributed by atoms with Gasteiger partial charge in [0, 0.05) is 17.6 Å². The normalized spacial score (nSPS) is 11.0. The van der Waals surface area contributed by atoms with E-state index in [0.29, 0.717) is 10.9 Å². The minimum absolute atomic E-state index is 0.0427. The summed E-state index contributed by atoms with van der Waals surface area (Å²) in [5.41, 5.74) is -0.218. The number of aromatic nitrogens is 2. The van der Waals surface area contributed by atoms with E-state index in [9.17, 15) is 14.0 Å². The molecule has 0 spiro atoms. The van der Waals surface area contributed by atoms with Crippen LogP contribution in [0.4, 0.5) is 4.39 Å². The van der Waals surface area contributed by atoms with Crippen LogP contribution in [0.5, 0.6) is 0 Å². The zero-order valence-electron chi connectivity index (χ0n) is 11.7. The first-order chi connectivity index (χ1) is 10.5. The predicted octanol–water partition coefficient (Wildman–Crippen LogP) is 2.54. The molecule has 112 valence electrons. The summed E-state index contributed by atoms with van der Waals surface area (Å²) in [5.74, 6) is -0.489. The van der Waals surface area contributed by atoms with Gasteiger partial charge in [-0.05, 0) is 24.3 Å². The number of nitrogens with zero attached hydrogens (tertiary/aromatic N) is 2. The average Bonchev–Trinajstić information content (AvgIpc) is 2.52. The van der Waals surface area contributed by atoms with E-state index < -0.39 is 11.5 Å². The Kier molecular flexibility index (Phi) is 3.58. The summed E-state index contributed by atoms with van der Waals surface area (Å²) < 4.78 is 16.3. The molecule has 0 aliphatic heterocycles. The molecular formula is C16H12ClFN2O2. The van der Waals surface area contributed by atoms with Crippen LogP contribution in [0.2, 0.25) is 5.02 Å². The second kappa shape index (κ2) is 5.42. The summed E-state index contributed by atoms with van der Waals surface area (Å²) in [6.45, 7) is -0.0427. The van der Waals surface area contributed by atoms with Gasteiger partial charge in [-0.25, -0.2) is 9.18 Å². The van der Waals surface area contributed by atoms with E-state index in [1.54, 1.807) is 30.3 Å². The Balaban J connectivity index is 2.32. The van der Waals surface area contributed by atoms with Crippen LogP contribution in [0.15, 0.2) is 52.1 Å². The standard InChI is InChI=1S/C16H12ClFN2O2/c1-19-15(21)10-5-2-3-8-14(10)20(16(19)22)9-11-12(17)6-4-7-13(11)18/h2-8H,9H2,1H3. The fourth-order valence-electron chi connectivity index (χ4n) is 2.44. The quantitative estimate of drug-likeness (QED) is 0.729. The SMILES string of the molecule is Cn1c(=O)c2ccccc2n(Cc2c(F)cccc2Cl)c1=O. The van der Waals surface area contributed by atoms with Gasteiger partial charge in [-0.2, -0.15) is 0 Å². The molecule has 22 heavy (non-hydrogen) atoms. The van der Waals surface area contributed by atoms with Crippen molar-refractivity contribution in [2.45, 2.75) is 6.54 Å². The van der Waals surface area contributed by atoms with Crippen LogP contribution >= 0.6 is 11.6 Å². The van der Waals surface area contributed by atoms with E-state index in [1.807, 2.05) is 0 Å². The van der Waals surface area contributed by atoms with E-state index in [2.05, 4.69) is 0 Å². The molecule has 0 amide bonds. The van der Waals surface area contributed by atoms with E-state index in [1.165, 1.54) is 23.7 Å². The molecule has 0 saturated heterocycles. The summed E-state index contributed by atoms with van der Waals surface area (Å²) in [6.07, 6.45) is 0. The molecule has 0 unspecified atom stereocenters. The lowest BCUT2D eigenvalue weighted by Gasteiger charge is -2.13. The Bertz CT molecular complexity index is 971. The maximum absolute atomic E-state index is 14.0. The largest absolute Gasteiger partial charge is 0.331 e. The van der Waals surface area contributed by atoms with Gasteiger partial charge in [0.05, 0.1) is 17.4 Å². The second-order valence-corrected chi connectivity index (χ2v) is 5.36.